The molecule has 1 unspecified atom stereocenters. The van der Waals surface area contributed by atoms with Crippen LogP contribution in [-0.2, 0) is 19.5 Å². The molecule has 0 amide bonds. The summed E-state index contributed by atoms with van der Waals surface area (Å²) in [5, 5.41) is 16.3. The van der Waals surface area contributed by atoms with Gasteiger partial charge in [0.2, 0.25) is 0 Å². The van der Waals surface area contributed by atoms with Crippen LogP contribution in [0.1, 0.15) is 17.8 Å². The maximum absolute atomic E-state index is 5.96. The third kappa shape index (κ3) is 2.62. The highest BCUT2D eigenvalue weighted by molar-refractivity contribution is 5.82. The quantitative estimate of drug-likeness (QED) is 0.599. The fourth-order valence-corrected chi connectivity index (χ4v) is 3.42. The first-order valence-corrected chi connectivity index (χ1v) is 8.48. The van der Waals surface area contributed by atoms with Crippen LogP contribution in [0.25, 0.3) is 22.4 Å². The molecule has 0 radical (unpaired) electrons. The molecular weight excluding hydrogens is 316 g/mol. The number of aromatic nitrogens is 5. The van der Waals surface area contributed by atoms with Gasteiger partial charge in [0.15, 0.2) is 5.76 Å². The van der Waals surface area contributed by atoms with Crippen molar-refractivity contribution in [3.05, 3.63) is 54.2 Å². The minimum absolute atomic E-state index is 0.382. The Kier molecular flexibility index (Phi) is 3.38. The molecule has 126 valence electrons. The van der Waals surface area contributed by atoms with Crippen molar-refractivity contribution in [1.82, 2.24) is 30.3 Å². The summed E-state index contributed by atoms with van der Waals surface area (Å²) in [4.78, 5) is 4.27. The van der Waals surface area contributed by atoms with Gasteiger partial charge in [-0.15, -0.1) is 0 Å². The summed E-state index contributed by atoms with van der Waals surface area (Å²) in [6.07, 6.45) is 5.52. The lowest BCUT2D eigenvalue weighted by Gasteiger charge is -2.23. The predicted octanol–water partition coefficient (Wildman–Crippen LogP) is 2.52. The molecule has 2 N–H and O–H groups in total. The monoisotopic (exact) mass is 334 g/mol. The van der Waals surface area contributed by atoms with E-state index in [0.717, 1.165) is 59.7 Å². The first-order valence-electron chi connectivity index (χ1n) is 8.48. The molecule has 7 heteroatoms. The van der Waals surface area contributed by atoms with Gasteiger partial charge in [0.25, 0.3) is 0 Å². The van der Waals surface area contributed by atoms with Crippen molar-refractivity contribution in [2.75, 3.05) is 0 Å². The lowest BCUT2D eigenvalue weighted by Crippen LogP contribution is -2.37. The highest BCUT2D eigenvalue weighted by Gasteiger charge is 2.20. The highest BCUT2D eigenvalue weighted by atomic mass is 16.3. The van der Waals surface area contributed by atoms with E-state index in [1.807, 2.05) is 35.1 Å². The predicted molar refractivity (Wildman–Crippen MR) is 92.8 cm³/mol. The number of hydrogen-bond acceptors (Lipinski definition) is 5. The van der Waals surface area contributed by atoms with Crippen molar-refractivity contribution < 1.29 is 4.42 Å². The second-order valence-electron chi connectivity index (χ2n) is 6.39. The number of hydrogen-bond donors (Lipinski definition) is 2. The van der Waals surface area contributed by atoms with Gasteiger partial charge in [0, 0.05) is 30.0 Å². The Morgan fingerprint density at radius 3 is 3.24 bits per heavy atom. The normalized spacial score (nSPS) is 17.0. The number of benzene rings is 1. The number of nitrogens with one attached hydrogen (secondary N) is 2. The topological polar surface area (TPSA) is 84.6 Å². The Bertz CT molecular complexity index is 980. The molecule has 4 heterocycles. The minimum Gasteiger partial charge on any atom is -0.454 e. The van der Waals surface area contributed by atoms with E-state index in [-0.39, 0.29) is 0 Å². The van der Waals surface area contributed by atoms with E-state index in [1.165, 1.54) is 0 Å². The van der Waals surface area contributed by atoms with Crippen molar-refractivity contribution in [1.29, 1.82) is 0 Å². The van der Waals surface area contributed by atoms with Crippen molar-refractivity contribution in [3.8, 4) is 11.5 Å². The van der Waals surface area contributed by atoms with Crippen LogP contribution < -0.4 is 5.32 Å². The molecule has 0 saturated carbocycles. The smallest absolute Gasteiger partial charge is 0.153 e. The Morgan fingerprint density at radius 1 is 1.32 bits per heavy atom. The van der Waals surface area contributed by atoms with E-state index in [1.54, 1.807) is 6.33 Å². The van der Waals surface area contributed by atoms with Crippen LogP contribution in [-0.4, -0.2) is 31.0 Å². The molecule has 3 aromatic heterocycles. The summed E-state index contributed by atoms with van der Waals surface area (Å²) in [5.74, 6) is 1.89. The van der Waals surface area contributed by atoms with Crippen LogP contribution in [0, 0.1) is 0 Å². The number of aryl methyl sites for hydroxylation is 1. The standard InChI is InChI=1S/C18H18N6O/c1-2-4-15-12(3-1)7-16(25-15)18-13(9-21-23-18)8-19-14-5-6-17-20-11-22-24(17)10-14/h1-4,7,9,11,14,19H,5-6,8,10H2,(H,21,23). The maximum atomic E-state index is 5.96. The number of furan rings is 1. The Morgan fingerprint density at radius 2 is 2.28 bits per heavy atom. The van der Waals surface area contributed by atoms with Gasteiger partial charge in [-0.25, -0.2) is 9.67 Å². The maximum Gasteiger partial charge on any atom is 0.153 e. The first kappa shape index (κ1) is 14.4. The molecule has 25 heavy (non-hydrogen) atoms. The molecule has 0 saturated heterocycles. The van der Waals surface area contributed by atoms with E-state index in [9.17, 15) is 0 Å². The number of rotatable bonds is 4. The third-order valence-electron chi connectivity index (χ3n) is 4.78. The zero-order valence-corrected chi connectivity index (χ0v) is 13.6. The van der Waals surface area contributed by atoms with Gasteiger partial charge in [0.1, 0.15) is 23.4 Å². The van der Waals surface area contributed by atoms with Crippen molar-refractivity contribution >= 4 is 11.0 Å². The third-order valence-corrected chi connectivity index (χ3v) is 4.78. The van der Waals surface area contributed by atoms with Gasteiger partial charge in [-0.05, 0) is 18.6 Å². The summed E-state index contributed by atoms with van der Waals surface area (Å²) in [6, 6.07) is 10.5. The molecule has 0 fully saturated rings. The van der Waals surface area contributed by atoms with Crippen LogP contribution in [0.2, 0.25) is 0 Å². The molecule has 5 rings (SSSR count). The van der Waals surface area contributed by atoms with E-state index in [2.05, 4.69) is 31.7 Å². The SMILES string of the molecule is c1ccc2oc(-c3[nH]ncc3CNC3CCc4ncnn4C3)cc2c1. The largest absolute Gasteiger partial charge is 0.454 e. The van der Waals surface area contributed by atoms with Crippen LogP contribution in [0.15, 0.2) is 47.3 Å². The lowest BCUT2D eigenvalue weighted by molar-refractivity contribution is 0.358. The minimum atomic E-state index is 0.382. The molecule has 1 atom stereocenters. The van der Waals surface area contributed by atoms with Gasteiger partial charge in [0.05, 0.1) is 12.7 Å². The lowest BCUT2D eigenvalue weighted by atomic mass is 10.1. The van der Waals surface area contributed by atoms with Gasteiger partial charge in [-0.3, -0.25) is 5.10 Å². The Balaban J connectivity index is 1.33. The van der Waals surface area contributed by atoms with Crippen molar-refractivity contribution in [3.63, 3.8) is 0 Å². The zero-order chi connectivity index (χ0) is 16.6. The summed E-state index contributed by atoms with van der Waals surface area (Å²) >= 11 is 0. The molecule has 0 bridgehead atoms. The summed E-state index contributed by atoms with van der Waals surface area (Å²) in [5.41, 5.74) is 2.92. The fourth-order valence-electron chi connectivity index (χ4n) is 3.42. The highest BCUT2D eigenvalue weighted by Crippen LogP contribution is 2.28. The molecule has 0 aliphatic carbocycles. The van der Waals surface area contributed by atoms with E-state index in [0.29, 0.717) is 6.04 Å². The molecule has 1 aliphatic rings. The number of H-pyrrole nitrogens is 1. The number of para-hydroxylation sites is 1. The van der Waals surface area contributed by atoms with Gasteiger partial charge < -0.3 is 9.73 Å². The molecule has 4 aromatic rings. The van der Waals surface area contributed by atoms with E-state index >= 15 is 0 Å². The van der Waals surface area contributed by atoms with Crippen molar-refractivity contribution in [2.45, 2.75) is 32.0 Å². The van der Waals surface area contributed by atoms with Crippen LogP contribution in [0.4, 0.5) is 0 Å². The van der Waals surface area contributed by atoms with Gasteiger partial charge in [-0.2, -0.15) is 10.2 Å². The first-order chi connectivity index (χ1) is 12.4. The van der Waals surface area contributed by atoms with Crippen LogP contribution in [0.5, 0.6) is 0 Å². The van der Waals surface area contributed by atoms with E-state index < -0.39 is 0 Å². The Labute approximate surface area is 144 Å². The fraction of sp³-hybridized carbons (Fsp3) is 0.278. The van der Waals surface area contributed by atoms with Crippen molar-refractivity contribution in [2.24, 2.45) is 0 Å². The van der Waals surface area contributed by atoms with Crippen LogP contribution in [0.3, 0.4) is 0 Å². The van der Waals surface area contributed by atoms with Crippen LogP contribution >= 0.6 is 0 Å². The molecule has 0 spiro atoms. The molecule has 7 nitrogen and oxygen atoms in total. The average molecular weight is 334 g/mol. The zero-order valence-electron chi connectivity index (χ0n) is 13.6. The average Bonchev–Trinajstić information content (AvgIpc) is 3.36. The second kappa shape index (κ2) is 5.86. The molecular formula is C18H18N6O. The molecule has 1 aromatic carbocycles. The van der Waals surface area contributed by atoms with E-state index in [4.69, 9.17) is 4.42 Å². The van der Waals surface area contributed by atoms with Gasteiger partial charge >= 0.3 is 0 Å². The van der Waals surface area contributed by atoms with Gasteiger partial charge in [-0.1, -0.05) is 18.2 Å². The summed E-state index contributed by atoms with van der Waals surface area (Å²) in [7, 11) is 0. The second-order valence-corrected chi connectivity index (χ2v) is 6.39. The summed E-state index contributed by atoms with van der Waals surface area (Å²) in [6.45, 7) is 1.59. The molecule has 1 aliphatic heterocycles. The summed E-state index contributed by atoms with van der Waals surface area (Å²) < 4.78 is 7.94. The Hall–Kier alpha value is -2.93. The number of aromatic amines is 1. The number of fused-ring (bicyclic) bond motifs is 2. The number of nitrogens with zero attached hydrogens (tertiary/aromatic N) is 4.